The number of nitrogens with zero attached hydrogens (tertiary/aromatic N) is 1. The highest BCUT2D eigenvalue weighted by Gasteiger charge is 2.12. The number of carboxylic acid groups (broad SMARTS) is 1. The third-order valence-corrected chi connectivity index (χ3v) is 2.47. The zero-order valence-electron chi connectivity index (χ0n) is 10.2. The third-order valence-electron chi connectivity index (χ3n) is 2.47. The molecule has 0 amide bonds. The summed E-state index contributed by atoms with van der Waals surface area (Å²) >= 11 is 0. The van der Waals surface area contributed by atoms with E-state index in [2.05, 4.69) is 9.97 Å². The fraction of sp³-hybridized carbons (Fsp3) is 0.154. The molecule has 1 aromatic carbocycles. The highest BCUT2D eigenvalue weighted by atomic mass is 16.5. The fourth-order valence-electron chi connectivity index (χ4n) is 1.63. The molecule has 0 aliphatic rings. The number of rotatable bonds is 4. The van der Waals surface area contributed by atoms with Gasteiger partial charge in [0.25, 0.3) is 5.56 Å². The van der Waals surface area contributed by atoms with Crippen molar-refractivity contribution in [3.63, 3.8) is 0 Å². The second-order valence-electron chi connectivity index (χ2n) is 3.71. The Hall–Kier alpha value is -2.63. The molecule has 0 atom stereocenters. The SMILES string of the molecule is CCOc1ccccc1-c1ncc(C(=O)O)c(=O)[nH]1. The smallest absolute Gasteiger partial charge is 0.342 e. The third kappa shape index (κ3) is 2.62. The number of H-pyrrole nitrogens is 1. The number of nitrogens with one attached hydrogen (secondary N) is 1. The molecule has 1 heterocycles. The number of hydrogen-bond donors (Lipinski definition) is 2. The fourth-order valence-corrected chi connectivity index (χ4v) is 1.63. The molecule has 0 bridgehead atoms. The lowest BCUT2D eigenvalue weighted by atomic mass is 10.2. The van der Waals surface area contributed by atoms with Crippen molar-refractivity contribution in [3.05, 3.63) is 46.4 Å². The first-order valence-electron chi connectivity index (χ1n) is 5.68. The van der Waals surface area contributed by atoms with Gasteiger partial charge in [0.05, 0.1) is 12.2 Å². The summed E-state index contributed by atoms with van der Waals surface area (Å²) in [7, 11) is 0. The van der Waals surface area contributed by atoms with Crippen LogP contribution in [0.2, 0.25) is 0 Å². The number of benzene rings is 1. The van der Waals surface area contributed by atoms with Crippen molar-refractivity contribution in [2.24, 2.45) is 0 Å². The van der Waals surface area contributed by atoms with Crippen LogP contribution in [0.3, 0.4) is 0 Å². The Bertz CT molecular complexity index is 664. The summed E-state index contributed by atoms with van der Waals surface area (Å²) in [5.74, 6) is -0.450. The Morgan fingerprint density at radius 3 is 2.79 bits per heavy atom. The largest absolute Gasteiger partial charge is 0.493 e. The maximum Gasteiger partial charge on any atom is 0.342 e. The number of hydrogen-bond acceptors (Lipinski definition) is 4. The molecule has 0 radical (unpaired) electrons. The van der Waals surface area contributed by atoms with E-state index >= 15 is 0 Å². The normalized spacial score (nSPS) is 10.2. The number of aromatic nitrogens is 2. The second kappa shape index (κ2) is 5.34. The molecule has 0 aliphatic heterocycles. The van der Waals surface area contributed by atoms with Gasteiger partial charge in [-0.1, -0.05) is 12.1 Å². The van der Waals surface area contributed by atoms with Crippen LogP contribution < -0.4 is 10.3 Å². The molecule has 0 aliphatic carbocycles. The van der Waals surface area contributed by atoms with Gasteiger partial charge in [-0.05, 0) is 19.1 Å². The van der Waals surface area contributed by atoms with E-state index in [-0.39, 0.29) is 5.82 Å². The van der Waals surface area contributed by atoms with Gasteiger partial charge in [-0.15, -0.1) is 0 Å². The van der Waals surface area contributed by atoms with E-state index in [1.54, 1.807) is 24.3 Å². The summed E-state index contributed by atoms with van der Waals surface area (Å²) in [6.07, 6.45) is 1.04. The standard InChI is InChI=1S/C13H12N2O4/c1-2-19-10-6-4-3-5-8(10)11-14-7-9(13(17)18)12(16)15-11/h3-7H,2H2,1H3,(H,17,18)(H,14,15,16). The first-order chi connectivity index (χ1) is 9.13. The van der Waals surface area contributed by atoms with Crippen LogP contribution in [0.15, 0.2) is 35.3 Å². The number of ether oxygens (including phenoxy) is 1. The van der Waals surface area contributed by atoms with Gasteiger partial charge in [0.1, 0.15) is 17.1 Å². The van der Waals surface area contributed by atoms with Crippen molar-refractivity contribution in [3.8, 4) is 17.1 Å². The van der Waals surface area contributed by atoms with Crippen molar-refractivity contribution < 1.29 is 14.6 Å². The highest BCUT2D eigenvalue weighted by molar-refractivity contribution is 5.86. The molecule has 2 N–H and O–H groups in total. The Morgan fingerprint density at radius 1 is 1.42 bits per heavy atom. The zero-order valence-corrected chi connectivity index (χ0v) is 10.2. The Balaban J connectivity index is 2.51. The van der Waals surface area contributed by atoms with Gasteiger partial charge in [-0.25, -0.2) is 9.78 Å². The first kappa shape index (κ1) is 12.8. The summed E-state index contributed by atoms with van der Waals surface area (Å²) in [4.78, 5) is 28.8. The lowest BCUT2D eigenvalue weighted by molar-refractivity contribution is 0.0694. The van der Waals surface area contributed by atoms with Crippen LogP contribution in [0.1, 0.15) is 17.3 Å². The van der Waals surface area contributed by atoms with Crippen molar-refractivity contribution in [2.45, 2.75) is 6.92 Å². The molecular formula is C13H12N2O4. The maximum atomic E-state index is 11.6. The van der Waals surface area contributed by atoms with E-state index in [1.807, 2.05) is 6.92 Å². The van der Waals surface area contributed by atoms with Crippen LogP contribution in [-0.4, -0.2) is 27.7 Å². The van der Waals surface area contributed by atoms with Gasteiger partial charge < -0.3 is 14.8 Å². The minimum absolute atomic E-state index is 0.277. The zero-order chi connectivity index (χ0) is 13.8. The quantitative estimate of drug-likeness (QED) is 0.869. The van der Waals surface area contributed by atoms with Crippen molar-refractivity contribution in [1.82, 2.24) is 9.97 Å². The summed E-state index contributed by atoms with van der Waals surface area (Å²) in [5, 5.41) is 8.78. The monoisotopic (exact) mass is 260 g/mol. The van der Waals surface area contributed by atoms with Gasteiger partial charge in [0, 0.05) is 6.20 Å². The van der Waals surface area contributed by atoms with Gasteiger partial charge >= 0.3 is 5.97 Å². The molecule has 0 saturated carbocycles. The van der Waals surface area contributed by atoms with E-state index in [1.165, 1.54) is 0 Å². The number of carboxylic acids is 1. The van der Waals surface area contributed by atoms with Gasteiger partial charge in [0.15, 0.2) is 0 Å². The topological polar surface area (TPSA) is 92.3 Å². The van der Waals surface area contributed by atoms with E-state index in [0.29, 0.717) is 17.9 Å². The van der Waals surface area contributed by atoms with Gasteiger partial charge in [-0.3, -0.25) is 4.79 Å². The van der Waals surface area contributed by atoms with Crippen LogP contribution in [0.25, 0.3) is 11.4 Å². The number of para-hydroxylation sites is 1. The molecule has 2 rings (SSSR count). The number of carbonyl (C=O) groups is 1. The summed E-state index contributed by atoms with van der Waals surface area (Å²) in [5.41, 5.74) is -0.472. The summed E-state index contributed by atoms with van der Waals surface area (Å²) in [6.45, 7) is 2.33. The van der Waals surface area contributed by atoms with Gasteiger partial charge in [0.2, 0.25) is 0 Å². The van der Waals surface area contributed by atoms with Crippen molar-refractivity contribution >= 4 is 5.97 Å². The number of aromatic amines is 1. The molecule has 0 unspecified atom stereocenters. The molecular weight excluding hydrogens is 248 g/mol. The first-order valence-corrected chi connectivity index (χ1v) is 5.68. The maximum absolute atomic E-state index is 11.6. The van der Waals surface area contributed by atoms with E-state index in [0.717, 1.165) is 6.20 Å². The molecule has 6 nitrogen and oxygen atoms in total. The molecule has 0 spiro atoms. The predicted molar refractivity (Wildman–Crippen MR) is 68.4 cm³/mol. The molecule has 6 heteroatoms. The lowest BCUT2D eigenvalue weighted by Gasteiger charge is -2.08. The number of aromatic carboxylic acids is 1. The minimum Gasteiger partial charge on any atom is -0.493 e. The highest BCUT2D eigenvalue weighted by Crippen LogP contribution is 2.26. The van der Waals surface area contributed by atoms with Crippen LogP contribution in [0, 0.1) is 0 Å². The average molecular weight is 260 g/mol. The molecule has 2 aromatic rings. The Morgan fingerprint density at radius 2 is 2.16 bits per heavy atom. The van der Waals surface area contributed by atoms with E-state index in [4.69, 9.17) is 9.84 Å². The van der Waals surface area contributed by atoms with Crippen molar-refractivity contribution in [1.29, 1.82) is 0 Å². The molecule has 0 saturated heterocycles. The van der Waals surface area contributed by atoms with E-state index in [9.17, 15) is 9.59 Å². The molecule has 0 fully saturated rings. The predicted octanol–water partition coefficient (Wildman–Crippen LogP) is 1.53. The van der Waals surface area contributed by atoms with E-state index < -0.39 is 17.1 Å². The second-order valence-corrected chi connectivity index (χ2v) is 3.71. The summed E-state index contributed by atoms with van der Waals surface area (Å²) < 4.78 is 5.43. The minimum atomic E-state index is -1.31. The Labute approximate surface area is 108 Å². The summed E-state index contributed by atoms with van der Waals surface area (Å²) in [6, 6.07) is 7.08. The molecule has 1 aromatic heterocycles. The van der Waals surface area contributed by atoms with Crippen molar-refractivity contribution in [2.75, 3.05) is 6.61 Å². The molecule has 19 heavy (non-hydrogen) atoms. The average Bonchev–Trinajstić information content (AvgIpc) is 2.39. The molecule has 98 valence electrons. The van der Waals surface area contributed by atoms with Crippen LogP contribution in [0.5, 0.6) is 5.75 Å². The van der Waals surface area contributed by atoms with Crippen LogP contribution in [-0.2, 0) is 0 Å². The Kier molecular flexibility index (Phi) is 3.61. The lowest BCUT2D eigenvalue weighted by Crippen LogP contribution is -2.18. The van der Waals surface area contributed by atoms with Gasteiger partial charge in [-0.2, -0.15) is 0 Å². The van der Waals surface area contributed by atoms with Crippen LogP contribution >= 0.6 is 0 Å². The van der Waals surface area contributed by atoms with Crippen LogP contribution in [0.4, 0.5) is 0 Å².